The maximum Gasteiger partial charge on any atom is 0.229 e. The van der Waals surface area contributed by atoms with Crippen LogP contribution < -0.4 is 10.2 Å². The first kappa shape index (κ1) is 16.2. The van der Waals surface area contributed by atoms with Gasteiger partial charge in [-0.2, -0.15) is 4.98 Å². The summed E-state index contributed by atoms with van der Waals surface area (Å²) < 4.78 is 0. The van der Waals surface area contributed by atoms with Crippen LogP contribution in [0.25, 0.3) is 0 Å². The number of nitrogens with one attached hydrogen (secondary N) is 1. The quantitative estimate of drug-likeness (QED) is 0.875. The van der Waals surface area contributed by atoms with Crippen LogP contribution in [0, 0.1) is 20.8 Å². The molecule has 0 unspecified atom stereocenters. The summed E-state index contributed by atoms with van der Waals surface area (Å²) in [4.78, 5) is 24.0. The van der Waals surface area contributed by atoms with Gasteiger partial charge in [0.1, 0.15) is 5.82 Å². The number of hydrogen-bond donors (Lipinski definition) is 1. The van der Waals surface area contributed by atoms with Gasteiger partial charge in [-0.3, -0.25) is 4.79 Å². The minimum absolute atomic E-state index is 0.608. The molecule has 0 radical (unpaired) electrons. The highest BCUT2D eigenvalue weighted by atomic mass is 16.1. The van der Waals surface area contributed by atoms with E-state index in [4.69, 9.17) is 0 Å². The molecule has 2 heterocycles. The van der Waals surface area contributed by atoms with Crippen LogP contribution in [0.4, 0.5) is 17.5 Å². The zero-order valence-corrected chi connectivity index (χ0v) is 14.4. The summed E-state index contributed by atoms with van der Waals surface area (Å²) in [6.07, 6.45) is 0.913. The van der Waals surface area contributed by atoms with Crippen molar-refractivity contribution in [2.75, 3.05) is 36.4 Å². The second-order valence-corrected chi connectivity index (χ2v) is 6.19. The van der Waals surface area contributed by atoms with E-state index in [1.54, 1.807) is 4.90 Å². The third-order valence-corrected chi connectivity index (χ3v) is 4.48. The molecule has 1 aliphatic rings. The molecule has 2 aromatic rings. The smallest absolute Gasteiger partial charge is 0.229 e. The summed E-state index contributed by atoms with van der Waals surface area (Å²) in [5.41, 5.74) is 4.38. The Bertz CT molecular complexity index is 738. The molecule has 1 aromatic heterocycles. The lowest BCUT2D eigenvalue weighted by molar-refractivity contribution is -0.118. The van der Waals surface area contributed by atoms with E-state index in [2.05, 4.69) is 40.1 Å². The van der Waals surface area contributed by atoms with Crippen LogP contribution in [-0.4, -0.2) is 47.5 Å². The molecule has 6 heteroatoms. The van der Waals surface area contributed by atoms with Crippen LogP contribution in [0.3, 0.4) is 0 Å². The van der Waals surface area contributed by atoms with Gasteiger partial charge in [-0.05, 0) is 38.0 Å². The Morgan fingerprint density at radius 1 is 1.08 bits per heavy atom. The van der Waals surface area contributed by atoms with E-state index in [1.165, 1.54) is 11.1 Å². The summed E-state index contributed by atoms with van der Waals surface area (Å²) in [5, 5.41) is 3.34. The molecule has 1 aliphatic heterocycles. The Balaban J connectivity index is 1.81. The summed E-state index contributed by atoms with van der Waals surface area (Å²) in [6.45, 7) is 9.19. The van der Waals surface area contributed by atoms with Gasteiger partial charge in [-0.15, -0.1) is 0 Å². The van der Waals surface area contributed by atoms with Gasteiger partial charge in [0.05, 0.1) is 0 Å². The number of aromatic nitrogens is 2. The molecule has 0 saturated carbocycles. The van der Waals surface area contributed by atoms with Crippen molar-refractivity contribution < 1.29 is 4.79 Å². The molecule has 24 heavy (non-hydrogen) atoms. The van der Waals surface area contributed by atoms with Crippen molar-refractivity contribution in [2.24, 2.45) is 0 Å². The van der Waals surface area contributed by atoms with Gasteiger partial charge < -0.3 is 15.1 Å². The van der Waals surface area contributed by atoms with Crippen molar-refractivity contribution in [3.8, 4) is 0 Å². The van der Waals surface area contributed by atoms with Crippen LogP contribution in [0.15, 0.2) is 24.3 Å². The molecule has 1 amide bonds. The number of anilines is 3. The number of aryl methyl sites for hydroxylation is 2. The maximum absolute atomic E-state index is 10.8. The summed E-state index contributed by atoms with van der Waals surface area (Å²) in [6, 6.07) is 8.15. The van der Waals surface area contributed by atoms with Crippen LogP contribution in [-0.2, 0) is 4.79 Å². The second-order valence-electron chi connectivity index (χ2n) is 6.19. The fourth-order valence-corrected chi connectivity index (χ4v) is 2.83. The summed E-state index contributed by atoms with van der Waals surface area (Å²) in [7, 11) is 0. The molecule has 1 saturated heterocycles. The van der Waals surface area contributed by atoms with E-state index >= 15 is 0 Å². The molecule has 3 rings (SSSR count). The average molecular weight is 325 g/mol. The monoisotopic (exact) mass is 325 g/mol. The summed E-state index contributed by atoms with van der Waals surface area (Å²) in [5.74, 6) is 1.51. The largest absolute Gasteiger partial charge is 0.353 e. The van der Waals surface area contributed by atoms with Gasteiger partial charge in [0.2, 0.25) is 12.4 Å². The first-order valence-electron chi connectivity index (χ1n) is 8.20. The van der Waals surface area contributed by atoms with E-state index in [0.29, 0.717) is 5.95 Å². The predicted molar refractivity (Wildman–Crippen MR) is 95.8 cm³/mol. The average Bonchev–Trinajstić information content (AvgIpc) is 2.58. The van der Waals surface area contributed by atoms with Crippen molar-refractivity contribution in [1.82, 2.24) is 14.9 Å². The number of carbonyl (C=O) groups excluding carboxylic acids is 1. The zero-order chi connectivity index (χ0) is 17.1. The third kappa shape index (κ3) is 3.48. The van der Waals surface area contributed by atoms with E-state index in [0.717, 1.165) is 49.8 Å². The molecule has 126 valence electrons. The lowest BCUT2D eigenvalue weighted by atomic mass is 10.1. The number of hydrogen-bond acceptors (Lipinski definition) is 5. The van der Waals surface area contributed by atoms with Gasteiger partial charge >= 0.3 is 0 Å². The Morgan fingerprint density at radius 2 is 1.83 bits per heavy atom. The number of benzene rings is 1. The fraction of sp³-hybridized carbons (Fsp3) is 0.389. The molecule has 0 atom stereocenters. The Kier molecular flexibility index (Phi) is 4.64. The molecular weight excluding hydrogens is 302 g/mol. The molecule has 0 aliphatic carbocycles. The lowest BCUT2D eigenvalue weighted by Gasteiger charge is -2.33. The minimum Gasteiger partial charge on any atom is -0.353 e. The second kappa shape index (κ2) is 6.86. The first-order valence-corrected chi connectivity index (χ1v) is 8.20. The molecule has 1 fully saturated rings. The van der Waals surface area contributed by atoms with Gasteiger partial charge in [0, 0.05) is 43.6 Å². The number of piperazine rings is 1. The predicted octanol–water partition coefficient (Wildman–Crippen LogP) is 2.42. The highest BCUT2D eigenvalue weighted by Crippen LogP contribution is 2.23. The molecular formula is C18H23N5O. The first-order chi connectivity index (χ1) is 11.6. The number of rotatable bonds is 4. The zero-order valence-electron chi connectivity index (χ0n) is 14.4. The van der Waals surface area contributed by atoms with Crippen LogP contribution in [0.5, 0.6) is 0 Å². The molecule has 0 bridgehead atoms. The lowest BCUT2D eigenvalue weighted by Crippen LogP contribution is -2.46. The van der Waals surface area contributed by atoms with Crippen molar-refractivity contribution >= 4 is 23.9 Å². The van der Waals surface area contributed by atoms with Gasteiger partial charge in [0.15, 0.2) is 0 Å². The van der Waals surface area contributed by atoms with E-state index in [-0.39, 0.29) is 0 Å². The Labute approximate surface area is 142 Å². The topological polar surface area (TPSA) is 61.4 Å². The normalized spacial score (nSPS) is 14.6. The molecule has 6 nitrogen and oxygen atoms in total. The number of carbonyl (C=O) groups is 1. The molecule has 0 spiro atoms. The third-order valence-electron chi connectivity index (χ3n) is 4.48. The fourth-order valence-electron chi connectivity index (χ4n) is 2.83. The Hall–Kier alpha value is -2.63. The number of nitrogens with zero attached hydrogens (tertiary/aromatic N) is 4. The van der Waals surface area contributed by atoms with E-state index in [9.17, 15) is 4.79 Å². The Morgan fingerprint density at radius 3 is 2.54 bits per heavy atom. The van der Waals surface area contributed by atoms with E-state index in [1.807, 2.05) is 25.1 Å². The van der Waals surface area contributed by atoms with Gasteiger partial charge in [-0.25, -0.2) is 4.98 Å². The van der Waals surface area contributed by atoms with Gasteiger partial charge in [-0.1, -0.05) is 12.1 Å². The molecule has 1 N–H and O–H groups in total. The van der Waals surface area contributed by atoms with Crippen LogP contribution in [0.1, 0.15) is 16.8 Å². The maximum atomic E-state index is 10.8. The van der Waals surface area contributed by atoms with Gasteiger partial charge in [0.25, 0.3) is 0 Å². The van der Waals surface area contributed by atoms with Crippen molar-refractivity contribution in [1.29, 1.82) is 0 Å². The SMILES string of the molecule is Cc1cc(N2CCN(C=O)CC2)nc(Nc2cccc(C)c2C)n1. The summed E-state index contributed by atoms with van der Waals surface area (Å²) >= 11 is 0. The van der Waals surface area contributed by atoms with Crippen molar-refractivity contribution in [2.45, 2.75) is 20.8 Å². The van der Waals surface area contributed by atoms with Crippen molar-refractivity contribution in [3.05, 3.63) is 41.1 Å². The highest BCUT2D eigenvalue weighted by Gasteiger charge is 2.18. The standard InChI is InChI=1S/C18H23N5O/c1-13-5-4-6-16(15(13)3)20-18-19-14(2)11-17(21-18)23-9-7-22(12-24)8-10-23/h4-6,11-12H,7-10H2,1-3H3,(H,19,20,21). The highest BCUT2D eigenvalue weighted by molar-refractivity contribution is 5.61. The molecule has 1 aromatic carbocycles. The minimum atomic E-state index is 0.608. The van der Waals surface area contributed by atoms with Crippen LogP contribution >= 0.6 is 0 Å². The van der Waals surface area contributed by atoms with Crippen molar-refractivity contribution in [3.63, 3.8) is 0 Å². The van der Waals surface area contributed by atoms with E-state index < -0.39 is 0 Å². The number of amides is 1. The van der Waals surface area contributed by atoms with Crippen LogP contribution in [0.2, 0.25) is 0 Å².